The first-order valence-electron chi connectivity index (χ1n) is 9.53. The molecule has 0 bridgehead atoms. The predicted octanol–water partition coefficient (Wildman–Crippen LogP) is 3.55. The van der Waals surface area contributed by atoms with E-state index in [1.807, 2.05) is 6.92 Å². The van der Waals surface area contributed by atoms with Gasteiger partial charge in [-0.2, -0.15) is 4.98 Å². The Morgan fingerprint density at radius 3 is 2.76 bits per heavy atom. The second kappa shape index (κ2) is 9.73. The van der Waals surface area contributed by atoms with Gasteiger partial charge in [-0.15, -0.1) is 24.0 Å². The van der Waals surface area contributed by atoms with E-state index < -0.39 is 0 Å². The van der Waals surface area contributed by atoms with Crippen molar-refractivity contribution in [3.05, 3.63) is 11.7 Å². The molecular weight excluding hydrogens is 429 g/mol. The molecule has 2 fully saturated rings. The Hall–Kier alpha value is -0.860. The second-order valence-corrected chi connectivity index (χ2v) is 7.31. The molecule has 142 valence electrons. The Morgan fingerprint density at radius 1 is 1.28 bits per heavy atom. The van der Waals surface area contributed by atoms with Crippen molar-refractivity contribution in [2.45, 2.75) is 65.2 Å². The summed E-state index contributed by atoms with van der Waals surface area (Å²) in [5, 5.41) is 7.30. The maximum absolute atomic E-state index is 5.16. The maximum atomic E-state index is 5.16. The molecule has 1 aliphatic heterocycles. The van der Waals surface area contributed by atoms with E-state index in [-0.39, 0.29) is 24.0 Å². The number of nitrogens with zero attached hydrogens (tertiary/aromatic N) is 4. The summed E-state index contributed by atoms with van der Waals surface area (Å²) < 4.78 is 5.16. The number of aromatic nitrogens is 2. The van der Waals surface area contributed by atoms with Crippen LogP contribution in [0.15, 0.2) is 9.52 Å². The first-order valence-corrected chi connectivity index (χ1v) is 9.53. The van der Waals surface area contributed by atoms with E-state index in [0.717, 1.165) is 44.3 Å². The average molecular weight is 461 g/mol. The van der Waals surface area contributed by atoms with E-state index in [9.17, 15) is 0 Å². The molecule has 1 N–H and O–H groups in total. The van der Waals surface area contributed by atoms with Gasteiger partial charge in [0.1, 0.15) is 0 Å². The van der Waals surface area contributed by atoms with Crippen LogP contribution in [0.2, 0.25) is 0 Å². The molecule has 25 heavy (non-hydrogen) atoms. The van der Waals surface area contributed by atoms with Gasteiger partial charge < -0.3 is 14.7 Å². The average Bonchev–Trinajstić information content (AvgIpc) is 3.18. The molecule has 0 amide bonds. The molecule has 1 aliphatic carbocycles. The highest BCUT2D eigenvalue weighted by atomic mass is 127. The fraction of sp³-hybridized carbons (Fsp3) is 0.833. The molecule has 1 saturated carbocycles. The second-order valence-electron chi connectivity index (χ2n) is 7.31. The van der Waals surface area contributed by atoms with Gasteiger partial charge in [-0.1, -0.05) is 24.4 Å². The highest BCUT2D eigenvalue weighted by Gasteiger charge is 2.39. The molecular formula is C18H32IN5O. The van der Waals surface area contributed by atoms with Crippen LogP contribution in [-0.2, 0) is 6.42 Å². The number of rotatable bonds is 5. The van der Waals surface area contributed by atoms with Crippen molar-refractivity contribution < 1.29 is 4.52 Å². The minimum Gasteiger partial charge on any atom is -0.357 e. The summed E-state index contributed by atoms with van der Waals surface area (Å²) in [5.41, 5.74) is 0.565. The Morgan fingerprint density at radius 2 is 2.08 bits per heavy atom. The van der Waals surface area contributed by atoms with Crippen LogP contribution >= 0.6 is 24.0 Å². The summed E-state index contributed by atoms with van der Waals surface area (Å²) in [4.78, 5) is 11.6. The highest BCUT2D eigenvalue weighted by Crippen LogP contribution is 2.43. The molecule has 1 spiro atoms. The van der Waals surface area contributed by atoms with Crippen molar-refractivity contribution in [3.63, 3.8) is 0 Å². The van der Waals surface area contributed by atoms with Gasteiger partial charge in [0.15, 0.2) is 11.8 Å². The lowest BCUT2D eigenvalue weighted by molar-refractivity contribution is 0.203. The fourth-order valence-corrected chi connectivity index (χ4v) is 4.11. The van der Waals surface area contributed by atoms with Crippen LogP contribution in [0, 0.1) is 12.3 Å². The van der Waals surface area contributed by atoms with E-state index in [0.29, 0.717) is 11.2 Å². The van der Waals surface area contributed by atoms with Crippen LogP contribution in [-0.4, -0.2) is 47.2 Å². The van der Waals surface area contributed by atoms with Crippen molar-refractivity contribution >= 4 is 29.9 Å². The summed E-state index contributed by atoms with van der Waals surface area (Å²) in [5.74, 6) is 2.51. The largest absolute Gasteiger partial charge is 0.357 e. The number of halogens is 1. The van der Waals surface area contributed by atoms with E-state index in [1.54, 1.807) is 0 Å². The maximum Gasteiger partial charge on any atom is 0.226 e. The summed E-state index contributed by atoms with van der Waals surface area (Å²) in [6.07, 6.45) is 10.1. The molecule has 0 atom stereocenters. The van der Waals surface area contributed by atoms with Crippen LogP contribution in [0.4, 0.5) is 0 Å². The molecule has 3 rings (SSSR count). The monoisotopic (exact) mass is 461 g/mol. The van der Waals surface area contributed by atoms with Gasteiger partial charge in [0.2, 0.25) is 5.89 Å². The molecule has 7 heteroatoms. The van der Waals surface area contributed by atoms with Crippen LogP contribution < -0.4 is 5.32 Å². The first-order chi connectivity index (χ1) is 11.7. The molecule has 1 aromatic rings. The highest BCUT2D eigenvalue weighted by molar-refractivity contribution is 14.0. The van der Waals surface area contributed by atoms with Crippen LogP contribution in [0.5, 0.6) is 0 Å². The van der Waals surface area contributed by atoms with E-state index >= 15 is 0 Å². The number of likely N-dealkylation sites (tertiary alicyclic amines) is 1. The smallest absolute Gasteiger partial charge is 0.226 e. The van der Waals surface area contributed by atoms with Gasteiger partial charge in [0, 0.05) is 32.6 Å². The molecule has 1 aromatic heterocycles. The molecule has 0 radical (unpaired) electrons. The summed E-state index contributed by atoms with van der Waals surface area (Å²) in [7, 11) is 0. The van der Waals surface area contributed by atoms with Gasteiger partial charge in [-0.25, -0.2) is 0 Å². The third-order valence-corrected chi connectivity index (χ3v) is 5.37. The number of guanidine groups is 1. The lowest BCUT2D eigenvalue weighted by Gasteiger charge is -2.33. The Bertz CT molecular complexity index is 553. The molecule has 0 unspecified atom stereocenters. The van der Waals surface area contributed by atoms with Gasteiger partial charge >= 0.3 is 0 Å². The van der Waals surface area contributed by atoms with Gasteiger partial charge in [-0.05, 0) is 44.9 Å². The zero-order valence-electron chi connectivity index (χ0n) is 15.6. The third kappa shape index (κ3) is 5.56. The summed E-state index contributed by atoms with van der Waals surface area (Å²) in [6.45, 7) is 8.04. The van der Waals surface area contributed by atoms with Crippen LogP contribution in [0.25, 0.3) is 0 Å². The quantitative estimate of drug-likeness (QED) is 0.315. The first kappa shape index (κ1) is 20.5. The van der Waals surface area contributed by atoms with Gasteiger partial charge in [0.05, 0.1) is 0 Å². The van der Waals surface area contributed by atoms with Crippen LogP contribution in [0.1, 0.15) is 63.6 Å². The molecule has 0 aromatic carbocycles. The normalized spacial score (nSPS) is 19.9. The number of hydrogen-bond acceptors (Lipinski definition) is 4. The predicted molar refractivity (Wildman–Crippen MR) is 110 cm³/mol. The summed E-state index contributed by atoms with van der Waals surface area (Å²) >= 11 is 0. The van der Waals surface area contributed by atoms with Crippen molar-refractivity contribution in [1.29, 1.82) is 0 Å². The van der Waals surface area contributed by atoms with E-state index in [1.165, 1.54) is 45.1 Å². The van der Waals surface area contributed by atoms with Crippen molar-refractivity contribution in [2.75, 3.05) is 26.2 Å². The summed E-state index contributed by atoms with van der Waals surface area (Å²) in [6, 6.07) is 0. The molecule has 2 aliphatic rings. The molecule has 6 nitrogen and oxygen atoms in total. The van der Waals surface area contributed by atoms with Gasteiger partial charge in [0.25, 0.3) is 0 Å². The number of hydrogen-bond donors (Lipinski definition) is 1. The van der Waals surface area contributed by atoms with Crippen molar-refractivity contribution in [2.24, 2.45) is 10.4 Å². The number of nitrogens with one attached hydrogen (secondary N) is 1. The standard InChI is InChI=1S/C18H31N5O.HI/c1-3-19-17(20-12-7-8-16-21-15(2)22-24-16)23-13-11-18(14-23)9-5-4-6-10-18;/h3-14H2,1-2H3,(H,19,20);1H. The van der Waals surface area contributed by atoms with Crippen molar-refractivity contribution in [3.8, 4) is 0 Å². The minimum atomic E-state index is 0. The number of aliphatic imine (C=N–C) groups is 1. The Kier molecular flexibility index (Phi) is 7.96. The SMILES string of the molecule is CCNC(=NCCCc1nc(C)no1)N1CCC2(CCCCC2)C1.I. The molecule has 1 saturated heterocycles. The van der Waals surface area contributed by atoms with Crippen molar-refractivity contribution in [1.82, 2.24) is 20.4 Å². The van der Waals surface area contributed by atoms with Crippen LogP contribution in [0.3, 0.4) is 0 Å². The third-order valence-electron chi connectivity index (χ3n) is 5.37. The fourth-order valence-electron chi connectivity index (χ4n) is 4.11. The zero-order chi connectivity index (χ0) is 16.8. The molecule has 2 heterocycles. The van der Waals surface area contributed by atoms with E-state index in [2.05, 4.69) is 27.3 Å². The topological polar surface area (TPSA) is 66.5 Å². The minimum absolute atomic E-state index is 0. The Labute approximate surface area is 168 Å². The number of aryl methyl sites for hydroxylation is 2. The Balaban J connectivity index is 0.00000225. The zero-order valence-corrected chi connectivity index (χ0v) is 17.9. The van der Waals surface area contributed by atoms with E-state index in [4.69, 9.17) is 9.52 Å². The van der Waals surface area contributed by atoms with Gasteiger partial charge in [-0.3, -0.25) is 4.99 Å². The lowest BCUT2D eigenvalue weighted by Crippen LogP contribution is -2.41. The lowest BCUT2D eigenvalue weighted by atomic mass is 9.73.